The lowest BCUT2D eigenvalue weighted by molar-refractivity contribution is -0.138. The van der Waals surface area contributed by atoms with Gasteiger partial charge in [0.05, 0.1) is 5.54 Å². The number of likely N-dealkylation sites (N-methyl/N-ethyl adjacent to an activating group) is 1. The third kappa shape index (κ3) is 8.57. The number of hydrogen-bond donors (Lipinski definition) is 1. The lowest BCUT2D eigenvalue weighted by Gasteiger charge is -2.36. The van der Waals surface area contributed by atoms with Gasteiger partial charge in [0.1, 0.15) is 0 Å². The maximum Gasteiger partial charge on any atom is 0.199 e. The van der Waals surface area contributed by atoms with Crippen LogP contribution in [-0.2, 0) is 9.59 Å². The van der Waals surface area contributed by atoms with Crippen molar-refractivity contribution in [1.82, 2.24) is 5.32 Å². The number of allylic oxidation sites excluding steroid dienone is 6. The van der Waals surface area contributed by atoms with Gasteiger partial charge in [-0.25, -0.2) is 0 Å². The number of hydrogen-bond acceptors (Lipinski definition) is 3. The van der Waals surface area contributed by atoms with Crippen LogP contribution < -0.4 is 5.32 Å². The van der Waals surface area contributed by atoms with Gasteiger partial charge in [0.15, 0.2) is 11.6 Å². The van der Waals surface area contributed by atoms with E-state index in [0.717, 1.165) is 6.42 Å². The molecule has 0 amide bonds. The van der Waals surface area contributed by atoms with Gasteiger partial charge in [-0.15, -0.1) is 0 Å². The Balaban J connectivity index is 5.16. The third-order valence-corrected chi connectivity index (χ3v) is 4.42. The minimum Gasteiger partial charge on any atom is -0.308 e. The second-order valence-corrected chi connectivity index (χ2v) is 7.57. The molecule has 0 saturated carbocycles. The summed E-state index contributed by atoms with van der Waals surface area (Å²) in [6.07, 6.45) is 17.2. The predicted molar refractivity (Wildman–Crippen MR) is 112 cm³/mol. The van der Waals surface area contributed by atoms with E-state index in [1.165, 1.54) is 0 Å². The molecule has 0 saturated heterocycles. The van der Waals surface area contributed by atoms with Gasteiger partial charge in [-0.3, -0.25) is 9.59 Å². The van der Waals surface area contributed by atoms with Gasteiger partial charge in [-0.1, -0.05) is 62.5 Å². The Kier molecular flexibility index (Phi) is 11.0. The van der Waals surface area contributed by atoms with E-state index in [2.05, 4.69) is 17.5 Å². The molecule has 0 heterocycles. The normalized spacial score (nSPS) is 16.7. The number of rotatable bonds is 12. The zero-order valence-corrected chi connectivity index (χ0v) is 17.6. The molecule has 146 valence electrons. The van der Waals surface area contributed by atoms with Crippen molar-refractivity contribution in [2.24, 2.45) is 11.3 Å². The largest absolute Gasteiger partial charge is 0.308 e. The minimum absolute atomic E-state index is 0.00740. The highest BCUT2D eigenvalue weighted by Crippen LogP contribution is 2.33. The van der Waals surface area contributed by atoms with E-state index in [4.69, 9.17) is 0 Å². The van der Waals surface area contributed by atoms with Gasteiger partial charge in [0.25, 0.3) is 0 Å². The van der Waals surface area contributed by atoms with Crippen molar-refractivity contribution >= 4 is 11.6 Å². The molecule has 0 spiro atoms. The van der Waals surface area contributed by atoms with Gasteiger partial charge in [0, 0.05) is 18.8 Å². The molecule has 0 rings (SSSR count). The molecule has 0 aliphatic rings. The summed E-state index contributed by atoms with van der Waals surface area (Å²) in [7, 11) is 1.92. The summed E-state index contributed by atoms with van der Waals surface area (Å²) in [5, 5.41) is 3.35. The SMILES string of the molecule is CC=CC(C=CC)CC(=O)C(=O)CC(C)(C)CC(C=CC)(C=CC)NC. The van der Waals surface area contributed by atoms with Crippen molar-refractivity contribution < 1.29 is 9.59 Å². The van der Waals surface area contributed by atoms with Crippen LogP contribution in [0.2, 0.25) is 0 Å². The van der Waals surface area contributed by atoms with E-state index in [0.29, 0.717) is 0 Å². The fourth-order valence-electron chi connectivity index (χ4n) is 3.43. The Morgan fingerprint density at radius 1 is 0.885 bits per heavy atom. The van der Waals surface area contributed by atoms with Crippen LogP contribution in [0.3, 0.4) is 0 Å². The Morgan fingerprint density at radius 3 is 1.77 bits per heavy atom. The summed E-state index contributed by atoms with van der Waals surface area (Å²) >= 11 is 0. The summed E-state index contributed by atoms with van der Waals surface area (Å²) < 4.78 is 0. The van der Waals surface area contributed by atoms with E-state index in [-0.39, 0.29) is 41.3 Å². The number of nitrogens with one attached hydrogen (secondary N) is 1. The quantitative estimate of drug-likeness (QED) is 0.385. The molecule has 0 atom stereocenters. The van der Waals surface area contributed by atoms with Crippen molar-refractivity contribution in [2.45, 2.75) is 66.3 Å². The van der Waals surface area contributed by atoms with Crippen molar-refractivity contribution in [3.63, 3.8) is 0 Å². The van der Waals surface area contributed by atoms with Crippen molar-refractivity contribution in [3.8, 4) is 0 Å². The van der Waals surface area contributed by atoms with E-state index >= 15 is 0 Å². The summed E-state index contributed by atoms with van der Waals surface area (Å²) in [4.78, 5) is 24.9. The van der Waals surface area contributed by atoms with Gasteiger partial charge in [0.2, 0.25) is 0 Å². The van der Waals surface area contributed by atoms with Crippen molar-refractivity contribution in [3.05, 3.63) is 48.6 Å². The first-order valence-electron chi connectivity index (χ1n) is 9.47. The van der Waals surface area contributed by atoms with Crippen LogP contribution in [0.4, 0.5) is 0 Å². The Morgan fingerprint density at radius 2 is 1.38 bits per heavy atom. The minimum atomic E-state index is -0.311. The number of carbonyl (C=O) groups is 2. The average molecular weight is 360 g/mol. The number of Topliss-reactive ketones (excluding diaryl/α,β-unsaturated/α-hetero) is 2. The Bertz CT molecular complexity index is 541. The maximum absolute atomic E-state index is 12.5. The highest BCUT2D eigenvalue weighted by Gasteiger charge is 2.34. The first-order valence-corrected chi connectivity index (χ1v) is 9.47. The van der Waals surface area contributed by atoms with Crippen LogP contribution in [0.1, 0.15) is 60.8 Å². The van der Waals surface area contributed by atoms with E-state index in [9.17, 15) is 9.59 Å². The molecule has 0 aliphatic heterocycles. The zero-order valence-electron chi connectivity index (χ0n) is 17.6. The lowest BCUT2D eigenvalue weighted by Crippen LogP contribution is -2.43. The fraction of sp³-hybridized carbons (Fsp3) is 0.565. The standard InChI is InChI=1S/C23H37NO2/c1-8-12-19(13-9-2)16-20(25)21(26)17-22(5,6)18-23(24-7,14-10-3)15-11-4/h8-15,19,24H,16-18H2,1-7H3. The summed E-state index contributed by atoms with van der Waals surface area (Å²) in [5.74, 6) is -0.571. The molecule has 0 aliphatic carbocycles. The molecule has 0 radical (unpaired) electrons. The lowest BCUT2D eigenvalue weighted by atomic mass is 9.74. The summed E-state index contributed by atoms with van der Waals surface area (Å²) in [6.45, 7) is 11.9. The van der Waals surface area contributed by atoms with Crippen LogP contribution in [-0.4, -0.2) is 24.2 Å². The monoisotopic (exact) mass is 359 g/mol. The van der Waals surface area contributed by atoms with Crippen molar-refractivity contribution in [2.75, 3.05) is 7.05 Å². The van der Waals surface area contributed by atoms with E-state index in [1.807, 2.05) is 85.0 Å². The highest BCUT2D eigenvalue weighted by molar-refractivity contribution is 6.37. The molecular weight excluding hydrogens is 322 g/mol. The fourth-order valence-corrected chi connectivity index (χ4v) is 3.43. The molecule has 1 N–H and O–H groups in total. The highest BCUT2D eigenvalue weighted by atomic mass is 16.2. The summed E-state index contributed by atoms with van der Waals surface area (Å²) in [5.41, 5.74) is -0.611. The van der Waals surface area contributed by atoms with Crippen LogP contribution in [0.25, 0.3) is 0 Å². The van der Waals surface area contributed by atoms with Crippen LogP contribution in [0.5, 0.6) is 0 Å². The van der Waals surface area contributed by atoms with Crippen LogP contribution in [0, 0.1) is 11.3 Å². The molecular formula is C23H37NO2. The smallest absolute Gasteiger partial charge is 0.199 e. The van der Waals surface area contributed by atoms with E-state index in [1.54, 1.807) is 0 Å². The summed E-state index contributed by atoms with van der Waals surface area (Å²) in [6, 6.07) is 0. The Hall–Kier alpha value is -1.74. The molecule has 0 unspecified atom stereocenters. The predicted octanol–water partition coefficient (Wildman–Crippen LogP) is 5.20. The first kappa shape index (κ1) is 24.3. The van der Waals surface area contributed by atoms with Gasteiger partial charge in [-0.05, 0) is 46.6 Å². The second-order valence-electron chi connectivity index (χ2n) is 7.57. The zero-order chi connectivity index (χ0) is 20.2. The molecule has 26 heavy (non-hydrogen) atoms. The molecule has 3 heteroatoms. The van der Waals surface area contributed by atoms with Crippen molar-refractivity contribution in [1.29, 1.82) is 0 Å². The molecule has 0 aromatic carbocycles. The third-order valence-electron chi connectivity index (χ3n) is 4.42. The molecule has 0 aromatic heterocycles. The second kappa shape index (κ2) is 11.8. The molecule has 3 nitrogen and oxygen atoms in total. The van der Waals surface area contributed by atoms with Gasteiger partial charge in [-0.2, -0.15) is 0 Å². The Labute approximate surface area is 160 Å². The van der Waals surface area contributed by atoms with Crippen LogP contribution >= 0.6 is 0 Å². The topological polar surface area (TPSA) is 46.2 Å². The van der Waals surface area contributed by atoms with Gasteiger partial charge >= 0.3 is 0 Å². The maximum atomic E-state index is 12.5. The average Bonchev–Trinajstić information content (AvgIpc) is 2.54. The molecule has 0 aromatic rings. The first-order chi connectivity index (χ1) is 12.2. The van der Waals surface area contributed by atoms with E-state index < -0.39 is 0 Å². The molecule has 0 fully saturated rings. The van der Waals surface area contributed by atoms with Crippen LogP contribution in [0.15, 0.2) is 48.6 Å². The number of carbonyl (C=O) groups excluding carboxylic acids is 2. The number of ketones is 2. The molecule has 0 bridgehead atoms. The van der Waals surface area contributed by atoms with Gasteiger partial charge < -0.3 is 5.32 Å².